The molecule has 1 atom stereocenters. The molecule has 4 aromatic rings. The SMILES string of the molecule is CCCOC(=O)C1=C(C)Nc2nc(SCc3ccccc3Cl)nn2C1c1ccc(OCc2ccccc2C)cc1. The normalized spacial score (nSPS) is 14.4. The van der Waals surface area contributed by atoms with Gasteiger partial charge in [-0.05, 0) is 60.7 Å². The van der Waals surface area contributed by atoms with E-state index in [-0.39, 0.29) is 5.97 Å². The average molecular weight is 575 g/mol. The van der Waals surface area contributed by atoms with Crippen molar-refractivity contribution in [2.24, 2.45) is 0 Å². The number of fused-ring (bicyclic) bond motifs is 1. The third-order valence-corrected chi connectivity index (χ3v) is 7.91. The number of benzene rings is 3. The van der Waals surface area contributed by atoms with Crippen LogP contribution in [0, 0.1) is 6.92 Å². The monoisotopic (exact) mass is 574 g/mol. The van der Waals surface area contributed by atoms with Gasteiger partial charge < -0.3 is 14.8 Å². The molecule has 40 heavy (non-hydrogen) atoms. The number of rotatable bonds is 10. The number of carbonyl (C=O) groups is 1. The molecule has 0 fully saturated rings. The fraction of sp³-hybridized carbons (Fsp3) is 0.258. The number of anilines is 1. The van der Waals surface area contributed by atoms with Crippen LogP contribution in [0.5, 0.6) is 5.75 Å². The predicted molar refractivity (Wildman–Crippen MR) is 159 cm³/mol. The first-order valence-electron chi connectivity index (χ1n) is 13.2. The maximum Gasteiger partial charge on any atom is 0.338 e. The van der Waals surface area contributed by atoms with E-state index in [1.807, 2.05) is 74.5 Å². The maximum atomic E-state index is 13.2. The molecule has 0 radical (unpaired) electrons. The van der Waals surface area contributed by atoms with Crippen molar-refractivity contribution < 1.29 is 14.3 Å². The zero-order valence-corrected chi connectivity index (χ0v) is 24.3. The van der Waals surface area contributed by atoms with E-state index in [4.69, 9.17) is 31.2 Å². The topological polar surface area (TPSA) is 78.3 Å². The van der Waals surface area contributed by atoms with Crippen molar-refractivity contribution in [3.8, 4) is 5.75 Å². The van der Waals surface area contributed by atoms with Gasteiger partial charge in [-0.25, -0.2) is 9.48 Å². The zero-order chi connectivity index (χ0) is 28.1. The van der Waals surface area contributed by atoms with E-state index in [1.165, 1.54) is 17.3 Å². The van der Waals surface area contributed by atoms with Crippen LogP contribution in [0.2, 0.25) is 5.02 Å². The van der Waals surface area contributed by atoms with Gasteiger partial charge in [-0.1, -0.05) is 84.9 Å². The number of ether oxygens (including phenoxy) is 2. The van der Waals surface area contributed by atoms with Crippen LogP contribution < -0.4 is 10.1 Å². The number of esters is 1. The predicted octanol–water partition coefficient (Wildman–Crippen LogP) is 7.35. The Kier molecular flexibility index (Phi) is 8.77. The summed E-state index contributed by atoms with van der Waals surface area (Å²) in [6.07, 6.45) is 0.737. The first-order chi connectivity index (χ1) is 19.4. The molecule has 1 aromatic heterocycles. The van der Waals surface area contributed by atoms with Crippen LogP contribution in [0.3, 0.4) is 0 Å². The molecule has 0 aliphatic carbocycles. The van der Waals surface area contributed by atoms with Gasteiger partial charge in [0.05, 0.1) is 12.2 Å². The summed E-state index contributed by atoms with van der Waals surface area (Å²) < 4.78 is 13.4. The number of allylic oxidation sites excluding steroid dienone is 1. The van der Waals surface area contributed by atoms with Crippen LogP contribution in [0.4, 0.5) is 5.95 Å². The minimum Gasteiger partial charge on any atom is -0.489 e. The number of halogens is 1. The average Bonchev–Trinajstić information content (AvgIpc) is 3.37. The fourth-order valence-electron chi connectivity index (χ4n) is 4.47. The minimum atomic E-state index is -0.506. The van der Waals surface area contributed by atoms with Crippen LogP contribution in [0.15, 0.2) is 89.2 Å². The zero-order valence-electron chi connectivity index (χ0n) is 22.7. The van der Waals surface area contributed by atoms with E-state index in [9.17, 15) is 4.79 Å². The summed E-state index contributed by atoms with van der Waals surface area (Å²) in [5.74, 6) is 1.56. The molecule has 7 nitrogen and oxygen atoms in total. The van der Waals surface area contributed by atoms with Crippen molar-refractivity contribution in [1.29, 1.82) is 0 Å². The highest BCUT2D eigenvalue weighted by atomic mass is 35.5. The Hall–Kier alpha value is -3.75. The Morgan fingerprint density at radius 2 is 1.75 bits per heavy atom. The molecule has 3 aromatic carbocycles. The molecule has 1 N–H and O–H groups in total. The molecule has 1 aliphatic heterocycles. The molecule has 5 rings (SSSR count). The van der Waals surface area contributed by atoms with Gasteiger partial charge in [0.2, 0.25) is 11.1 Å². The quantitative estimate of drug-likeness (QED) is 0.157. The van der Waals surface area contributed by atoms with Crippen LogP contribution in [0.1, 0.15) is 48.6 Å². The van der Waals surface area contributed by atoms with Gasteiger partial charge in [0, 0.05) is 16.5 Å². The molecule has 0 saturated heterocycles. The number of hydrogen-bond donors (Lipinski definition) is 1. The highest BCUT2D eigenvalue weighted by Gasteiger charge is 2.35. The summed E-state index contributed by atoms with van der Waals surface area (Å²) in [7, 11) is 0. The largest absolute Gasteiger partial charge is 0.489 e. The molecular weight excluding hydrogens is 544 g/mol. The van der Waals surface area contributed by atoms with Crippen molar-refractivity contribution in [3.63, 3.8) is 0 Å². The molecule has 0 bridgehead atoms. The molecule has 0 saturated carbocycles. The molecule has 2 heterocycles. The summed E-state index contributed by atoms with van der Waals surface area (Å²) in [6, 6.07) is 23.2. The smallest absolute Gasteiger partial charge is 0.338 e. The number of aryl methyl sites for hydroxylation is 1. The second-order valence-corrected chi connectivity index (χ2v) is 10.9. The second-order valence-electron chi connectivity index (χ2n) is 9.53. The summed E-state index contributed by atoms with van der Waals surface area (Å²) in [5.41, 5.74) is 5.40. The summed E-state index contributed by atoms with van der Waals surface area (Å²) in [6.45, 7) is 6.73. The molecule has 0 spiro atoms. The number of hydrogen-bond acceptors (Lipinski definition) is 7. The highest BCUT2D eigenvalue weighted by Crippen LogP contribution is 2.38. The second kappa shape index (κ2) is 12.6. The van der Waals surface area contributed by atoms with Gasteiger partial charge in [-0.3, -0.25) is 0 Å². The van der Waals surface area contributed by atoms with E-state index in [2.05, 4.69) is 24.4 Å². The molecule has 1 unspecified atom stereocenters. The van der Waals surface area contributed by atoms with Gasteiger partial charge in [0.15, 0.2) is 0 Å². The van der Waals surface area contributed by atoms with Crippen molar-refractivity contribution >= 4 is 35.3 Å². The first-order valence-corrected chi connectivity index (χ1v) is 14.6. The van der Waals surface area contributed by atoms with Crippen LogP contribution in [0.25, 0.3) is 0 Å². The fourth-order valence-corrected chi connectivity index (χ4v) is 5.59. The van der Waals surface area contributed by atoms with Crippen LogP contribution in [-0.2, 0) is 21.9 Å². The molecule has 206 valence electrons. The van der Waals surface area contributed by atoms with Gasteiger partial charge in [-0.2, -0.15) is 4.98 Å². The van der Waals surface area contributed by atoms with E-state index in [1.54, 1.807) is 4.68 Å². The molecule has 0 amide bonds. The van der Waals surface area contributed by atoms with Gasteiger partial charge in [0.25, 0.3) is 0 Å². The van der Waals surface area contributed by atoms with Crippen molar-refractivity contribution in [3.05, 3.63) is 111 Å². The maximum absolute atomic E-state index is 13.2. The van der Waals surface area contributed by atoms with E-state index >= 15 is 0 Å². The highest BCUT2D eigenvalue weighted by molar-refractivity contribution is 7.98. The van der Waals surface area contributed by atoms with Crippen molar-refractivity contribution in [2.45, 2.75) is 50.8 Å². The van der Waals surface area contributed by atoms with E-state index in [0.29, 0.717) is 46.4 Å². The van der Waals surface area contributed by atoms with E-state index in [0.717, 1.165) is 28.9 Å². The lowest BCUT2D eigenvalue weighted by Gasteiger charge is -2.28. The minimum absolute atomic E-state index is 0.344. The van der Waals surface area contributed by atoms with Crippen molar-refractivity contribution in [2.75, 3.05) is 11.9 Å². The standard InChI is InChI=1S/C31H31ClN4O3S/c1-4-17-38-29(37)27-21(3)33-30-34-31(40-19-24-11-7-8-12-26(24)32)35-36(30)28(27)22-13-15-25(16-14-22)39-18-23-10-6-5-9-20(23)2/h5-16,28H,4,17-19H2,1-3H3,(H,33,34,35). The number of nitrogens with one attached hydrogen (secondary N) is 1. The summed E-state index contributed by atoms with van der Waals surface area (Å²) in [5, 5.41) is 9.35. The Labute approximate surface area is 243 Å². The molecule has 1 aliphatic rings. The van der Waals surface area contributed by atoms with Gasteiger partial charge >= 0.3 is 5.97 Å². The Morgan fingerprint density at radius 1 is 1.02 bits per heavy atom. The lowest BCUT2D eigenvalue weighted by molar-refractivity contribution is -0.139. The van der Waals surface area contributed by atoms with Gasteiger partial charge in [0.1, 0.15) is 18.4 Å². The molecular formula is C31H31ClN4O3S. The Morgan fingerprint density at radius 3 is 2.48 bits per heavy atom. The van der Waals surface area contributed by atoms with E-state index < -0.39 is 6.04 Å². The van der Waals surface area contributed by atoms with Crippen LogP contribution in [-0.4, -0.2) is 27.3 Å². The summed E-state index contributed by atoms with van der Waals surface area (Å²) in [4.78, 5) is 18.0. The third-order valence-electron chi connectivity index (χ3n) is 6.66. The summed E-state index contributed by atoms with van der Waals surface area (Å²) >= 11 is 7.84. The third kappa shape index (κ3) is 6.18. The Bertz CT molecular complexity index is 1530. The lowest BCUT2D eigenvalue weighted by Crippen LogP contribution is -2.29. The van der Waals surface area contributed by atoms with Gasteiger partial charge in [-0.15, -0.1) is 5.10 Å². The van der Waals surface area contributed by atoms with Crippen molar-refractivity contribution in [1.82, 2.24) is 14.8 Å². The number of carbonyl (C=O) groups excluding carboxylic acids is 1. The van der Waals surface area contributed by atoms with Crippen LogP contribution >= 0.6 is 23.4 Å². The number of nitrogens with zero attached hydrogens (tertiary/aromatic N) is 3. The number of thioether (sulfide) groups is 1. The first kappa shape index (κ1) is 27.8. The lowest BCUT2D eigenvalue weighted by atomic mass is 9.96. The number of aromatic nitrogens is 3. The Balaban J connectivity index is 1.42. The molecule has 9 heteroatoms.